The van der Waals surface area contributed by atoms with E-state index in [1.54, 1.807) is 0 Å². The number of rotatable bonds is 22. The smallest absolute Gasteiger partial charge is 0.317 e. The van der Waals surface area contributed by atoms with Crippen molar-refractivity contribution in [1.82, 2.24) is 20.6 Å². The first kappa shape index (κ1) is 31.9. The van der Waals surface area contributed by atoms with Crippen molar-refractivity contribution in [3.63, 3.8) is 0 Å². The van der Waals surface area contributed by atoms with Gasteiger partial charge in [-0.3, -0.25) is 29.0 Å². The van der Waals surface area contributed by atoms with E-state index in [1.165, 1.54) is 4.90 Å². The quantitative estimate of drug-likeness (QED) is 0.0715. The molecule has 34 heavy (non-hydrogen) atoms. The normalized spacial score (nSPS) is 12.2. The first-order valence-electron chi connectivity index (χ1n) is 11.9. The standard InChI is InChI=1S/C22H44N6O6/c1-18(2)15-19(24)22(33)26-34-14-6-4-3-5-8-25-20(30)16-27(9-7-23)10-11-28(12-13-29)17-21(31)32/h13,18-19H,3-12,14-17,23-24H2,1-2H3,(H,25,30)(H,26,33)(H,31,32)/t19-/m1/s1. The molecule has 0 rings (SSSR count). The van der Waals surface area contributed by atoms with E-state index in [0.29, 0.717) is 58.0 Å². The molecule has 0 fully saturated rings. The van der Waals surface area contributed by atoms with E-state index in [4.69, 9.17) is 21.4 Å². The lowest BCUT2D eigenvalue weighted by Crippen LogP contribution is -2.44. The Kier molecular flexibility index (Phi) is 19.0. The Morgan fingerprint density at radius 2 is 1.71 bits per heavy atom. The number of nitrogens with zero attached hydrogens (tertiary/aromatic N) is 2. The van der Waals surface area contributed by atoms with Gasteiger partial charge in [-0.1, -0.05) is 26.7 Å². The molecule has 2 amide bonds. The first-order valence-corrected chi connectivity index (χ1v) is 11.9. The molecule has 0 aromatic heterocycles. The van der Waals surface area contributed by atoms with Crippen LogP contribution in [0.5, 0.6) is 0 Å². The van der Waals surface area contributed by atoms with Crippen LogP contribution in [0.4, 0.5) is 0 Å². The summed E-state index contributed by atoms with van der Waals surface area (Å²) in [6, 6.07) is -0.565. The van der Waals surface area contributed by atoms with Crippen LogP contribution in [0.1, 0.15) is 46.0 Å². The van der Waals surface area contributed by atoms with E-state index in [1.807, 2.05) is 18.7 Å². The molecular weight excluding hydrogens is 444 g/mol. The van der Waals surface area contributed by atoms with E-state index in [2.05, 4.69) is 10.8 Å². The maximum atomic E-state index is 12.2. The lowest BCUT2D eigenvalue weighted by molar-refractivity contribution is -0.138. The molecule has 0 bridgehead atoms. The fourth-order valence-electron chi connectivity index (χ4n) is 3.22. The van der Waals surface area contributed by atoms with Crippen molar-refractivity contribution in [3.05, 3.63) is 0 Å². The Hall–Kier alpha value is -2.12. The Balaban J connectivity index is 3.94. The van der Waals surface area contributed by atoms with Gasteiger partial charge >= 0.3 is 5.97 Å². The van der Waals surface area contributed by atoms with Crippen molar-refractivity contribution in [2.24, 2.45) is 17.4 Å². The minimum atomic E-state index is -1.01. The first-order chi connectivity index (χ1) is 16.2. The molecule has 0 spiro atoms. The highest BCUT2D eigenvalue weighted by Gasteiger charge is 2.15. The molecule has 0 saturated carbocycles. The summed E-state index contributed by atoms with van der Waals surface area (Å²) in [6.45, 7) is 6.56. The molecule has 198 valence electrons. The SMILES string of the molecule is CC(C)C[C@@H](N)C(=O)NOCCCCCCNC(=O)CN(CCN)CCN(CC=O)CC(=O)O. The third-order valence-electron chi connectivity index (χ3n) is 4.97. The number of unbranched alkanes of at least 4 members (excludes halogenated alkanes) is 3. The second kappa shape index (κ2) is 20.3. The molecule has 0 radical (unpaired) electrons. The van der Waals surface area contributed by atoms with Crippen LogP contribution in [-0.4, -0.2) is 104 Å². The zero-order chi connectivity index (χ0) is 25.8. The predicted molar refractivity (Wildman–Crippen MR) is 129 cm³/mol. The van der Waals surface area contributed by atoms with E-state index in [-0.39, 0.29) is 31.4 Å². The number of nitrogens with two attached hydrogens (primary N) is 2. The monoisotopic (exact) mass is 488 g/mol. The van der Waals surface area contributed by atoms with Gasteiger partial charge in [0.2, 0.25) is 5.91 Å². The minimum Gasteiger partial charge on any atom is -0.480 e. The Morgan fingerprint density at radius 3 is 2.32 bits per heavy atom. The molecule has 0 heterocycles. The largest absolute Gasteiger partial charge is 0.480 e. The maximum Gasteiger partial charge on any atom is 0.317 e. The number of nitrogens with one attached hydrogen (secondary N) is 2. The van der Waals surface area contributed by atoms with Crippen LogP contribution in [0.25, 0.3) is 0 Å². The van der Waals surface area contributed by atoms with E-state index in [9.17, 15) is 19.2 Å². The summed E-state index contributed by atoms with van der Waals surface area (Å²) in [7, 11) is 0. The summed E-state index contributed by atoms with van der Waals surface area (Å²) >= 11 is 0. The summed E-state index contributed by atoms with van der Waals surface area (Å²) in [4.78, 5) is 54.0. The van der Waals surface area contributed by atoms with Gasteiger partial charge in [0.25, 0.3) is 5.91 Å². The van der Waals surface area contributed by atoms with Crippen molar-refractivity contribution in [1.29, 1.82) is 0 Å². The summed E-state index contributed by atoms with van der Waals surface area (Å²) in [5.74, 6) is -1.10. The molecule has 0 aromatic rings. The van der Waals surface area contributed by atoms with E-state index in [0.717, 1.165) is 25.7 Å². The lowest BCUT2D eigenvalue weighted by atomic mass is 10.0. The zero-order valence-electron chi connectivity index (χ0n) is 20.7. The van der Waals surface area contributed by atoms with Crippen molar-refractivity contribution in [2.75, 3.05) is 59.0 Å². The van der Waals surface area contributed by atoms with Crippen molar-refractivity contribution in [2.45, 2.75) is 52.0 Å². The zero-order valence-corrected chi connectivity index (χ0v) is 20.7. The lowest BCUT2D eigenvalue weighted by Gasteiger charge is -2.25. The molecule has 0 unspecified atom stereocenters. The maximum absolute atomic E-state index is 12.2. The Morgan fingerprint density at radius 1 is 1.03 bits per heavy atom. The van der Waals surface area contributed by atoms with Gasteiger partial charge in [0.05, 0.1) is 32.3 Å². The summed E-state index contributed by atoms with van der Waals surface area (Å²) in [5, 5.41) is 11.8. The third-order valence-corrected chi connectivity index (χ3v) is 4.97. The van der Waals surface area contributed by atoms with E-state index < -0.39 is 12.0 Å². The molecule has 0 aliphatic rings. The Bertz CT molecular complexity index is 592. The highest BCUT2D eigenvalue weighted by Crippen LogP contribution is 2.03. The van der Waals surface area contributed by atoms with Gasteiger partial charge in [-0.15, -0.1) is 0 Å². The number of hydrogen-bond acceptors (Lipinski definition) is 9. The number of amides is 2. The van der Waals surface area contributed by atoms with Gasteiger partial charge in [0, 0.05) is 32.7 Å². The number of carbonyl (C=O) groups excluding carboxylic acids is 3. The number of carbonyl (C=O) groups is 4. The minimum absolute atomic E-state index is 0.0258. The molecule has 7 N–H and O–H groups in total. The fraction of sp³-hybridized carbons (Fsp3) is 0.818. The molecule has 0 aliphatic heterocycles. The second-order valence-electron chi connectivity index (χ2n) is 8.68. The van der Waals surface area contributed by atoms with Gasteiger partial charge < -0.3 is 26.7 Å². The summed E-state index contributed by atoms with van der Waals surface area (Å²) < 4.78 is 0. The van der Waals surface area contributed by atoms with Crippen molar-refractivity contribution < 1.29 is 29.1 Å². The van der Waals surface area contributed by atoms with Gasteiger partial charge in [-0.2, -0.15) is 0 Å². The fourth-order valence-corrected chi connectivity index (χ4v) is 3.22. The third kappa shape index (κ3) is 18.3. The highest BCUT2D eigenvalue weighted by molar-refractivity contribution is 5.80. The molecule has 0 aliphatic carbocycles. The van der Waals surface area contributed by atoms with Crippen LogP contribution in [0, 0.1) is 5.92 Å². The number of hydroxylamine groups is 1. The van der Waals surface area contributed by atoms with Crippen LogP contribution >= 0.6 is 0 Å². The average molecular weight is 489 g/mol. The van der Waals surface area contributed by atoms with Crippen molar-refractivity contribution in [3.8, 4) is 0 Å². The molecule has 1 atom stereocenters. The number of aliphatic carboxylic acids is 1. The van der Waals surface area contributed by atoms with Gasteiger partial charge in [0.1, 0.15) is 6.29 Å². The number of carboxylic acids is 1. The topological polar surface area (TPSA) is 180 Å². The number of aldehydes is 1. The van der Waals surface area contributed by atoms with Crippen LogP contribution in [0.3, 0.4) is 0 Å². The summed E-state index contributed by atoms with van der Waals surface area (Å²) in [5.41, 5.74) is 13.8. The molecule has 0 aromatic carbocycles. The Labute approximate surface area is 202 Å². The van der Waals surface area contributed by atoms with Crippen LogP contribution in [0.15, 0.2) is 0 Å². The number of hydrogen-bond donors (Lipinski definition) is 5. The molecule has 12 nitrogen and oxygen atoms in total. The van der Waals surface area contributed by atoms with Gasteiger partial charge in [0.15, 0.2) is 0 Å². The van der Waals surface area contributed by atoms with Crippen molar-refractivity contribution >= 4 is 24.1 Å². The van der Waals surface area contributed by atoms with E-state index >= 15 is 0 Å². The molecular formula is C22H44N6O6. The number of carboxylic acid groups (broad SMARTS) is 1. The van der Waals surface area contributed by atoms with Gasteiger partial charge in [-0.05, 0) is 25.2 Å². The van der Waals surface area contributed by atoms with Crippen LogP contribution < -0.4 is 22.3 Å². The average Bonchev–Trinajstić information content (AvgIpc) is 2.75. The molecule has 0 saturated heterocycles. The second-order valence-corrected chi connectivity index (χ2v) is 8.68. The predicted octanol–water partition coefficient (Wildman–Crippen LogP) is -1.07. The highest BCUT2D eigenvalue weighted by atomic mass is 16.6. The van der Waals surface area contributed by atoms with Gasteiger partial charge in [-0.25, -0.2) is 5.48 Å². The summed E-state index contributed by atoms with van der Waals surface area (Å²) in [6.07, 6.45) is 4.68. The molecule has 12 heteroatoms. The van der Waals surface area contributed by atoms with Crippen LogP contribution in [0.2, 0.25) is 0 Å². The van der Waals surface area contributed by atoms with Crippen LogP contribution in [-0.2, 0) is 24.0 Å².